The zero-order chi connectivity index (χ0) is 25.0. The number of rotatable bonds is 1. The molecule has 0 heterocycles. The third-order valence-electron chi connectivity index (χ3n) is 4.21. The van der Waals surface area contributed by atoms with Gasteiger partial charge >= 0.3 is 0 Å². The smallest absolute Gasteiger partial charge is 0.215 e. The third-order valence-corrected chi connectivity index (χ3v) is 15.5. The van der Waals surface area contributed by atoms with Crippen LogP contribution in [0.3, 0.4) is 0 Å². The molecule has 3 atom stereocenters. The van der Waals surface area contributed by atoms with Gasteiger partial charge in [-0.1, -0.05) is 186 Å². The molecule has 0 aromatic rings. The lowest BCUT2D eigenvalue weighted by Gasteiger charge is -2.70. The highest BCUT2D eigenvalue weighted by Gasteiger charge is 2.97. The van der Waals surface area contributed by atoms with Gasteiger partial charge in [-0.05, 0) is 0 Å². The lowest BCUT2D eigenvalue weighted by atomic mass is 9.70. The fourth-order valence-corrected chi connectivity index (χ4v) is 11.4. The normalized spacial score (nSPS) is 37.2. The maximum atomic E-state index is 11.3. The lowest BCUT2D eigenvalue weighted by molar-refractivity contribution is -0.00730. The average Bonchev–Trinajstić information content (AvgIpc) is 2.46. The van der Waals surface area contributed by atoms with Crippen LogP contribution in [0.1, 0.15) is 0 Å². The van der Waals surface area contributed by atoms with Crippen LogP contribution in [0.25, 0.3) is 0 Å². The Kier molecular flexibility index (Phi) is 10.1. The largest absolute Gasteiger partial charge is 0.370 e. The minimum atomic E-state index is -3.58. The highest BCUT2D eigenvalue weighted by molar-refractivity contribution is 6.82. The standard InChI is InChI=1S/C10HCl19O/c11-1(2(12,8(21,22)23)9(24,25)26)4(14,15)5(16,17)3(13,10(27,28)29)6(18,19)7(1,20)30/h30H. The molecule has 1 nitrogen and oxygen atoms in total. The molecule has 3 unspecified atom stereocenters. The summed E-state index contributed by atoms with van der Waals surface area (Å²) in [5, 5.41) is 7.76. The highest BCUT2D eigenvalue weighted by Crippen LogP contribution is 2.82. The summed E-state index contributed by atoms with van der Waals surface area (Å²) in [5.74, 6) is 0. The van der Waals surface area contributed by atoms with E-state index in [2.05, 4.69) is 0 Å². The van der Waals surface area contributed by atoms with Gasteiger partial charge < -0.3 is 5.11 Å². The summed E-state index contributed by atoms with van der Waals surface area (Å²) < 4.78 is -18.4. The Morgan fingerprint density at radius 2 is 0.700 bits per heavy atom. The zero-order valence-electron chi connectivity index (χ0n) is 12.6. The molecule has 1 fully saturated rings. The minimum absolute atomic E-state index is 2.87. The topological polar surface area (TPSA) is 20.2 Å². The Hall–Kier alpha value is 5.47. The van der Waals surface area contributed by atoms with Crippen LogP contribution in [0, 0.1) is 0 Å². The molecule has 30 heavy (non-hydrogen) atoms. The molecule has 0 radical (unpaired) electrons. The molecule has 0 bridgehead atoms. The molecule has 0 amide bonds. The van der Waals surface area contributed by atoms with Crippen molar-refractivity contribution in [3.8, 4) is 0 Å². The molecule has 1 saturated carbocycles. The molecule has 1 rings (SSSR count). The van der Waals surface area contributed by atoms with Crippen LogP contribution in [-0.2, 0) is 0 Å². The third kappa shape index (κ3) is 3.87. The van der Waals surface area contributed by atoms with Gasteiger partial charge in [0.05, 0.1) is 0 Å². The number of alkyl halides is 19. The van der Waals surface area contributed by atoms with Crippen LogP contribution in [-0.4, -0.2) is 49.2 Å². The van der Waals surface area contributed by atoms with E-state index in [0.717, 1.165) is 0 Å². The SMILES string of the molecule is OC1(Cl)C(Cl)(Cl)C(Cl)(C(Cl)(Cl)Cl)C(Cl)(Cl)C(Cl)(Cl)C1(Cl)C(Cl)(C(Cl)(Cl)Cl)C(Cl)(Cl)Cl. The lowest BCUT2D eigenvalue weighted by Crippen LogP contribution is -2.91. The Morgan fingerprint density at radius 3 is 0.933 bits per heavy atom. The van der Waals surface area contributed by atoms with Crippen molar-refractivity contribution in [3.05, 3.63) is 0 Å². The summed E-state index contributed by atoms with van der Waals surface area (Å²) in [7, 11) is 0. The predicted molar refractivity (Wildman–Crippen MR) is 141 cm³/mol. The molecule has 0 saturated heterocycles. The van der Waals surface area contributed by atoms with E-state index in [1.807, 2.05) is 0 Å². The molecular weight excluding hydrogens is 810 g/mol. The second kappa shape index (κ2) is 9.01. The van der Waals surface area contributed by atoms with Crippen molar-refractivity contribution in [1.29, 1.82) is 0 Å². The van der Waals surface area contributed by atoms with E-state index in [-0.39, 0.29) is 0 Å². The van der Waals surface area contributed by atoms with Crippen molar-refractivity contribution >= 4 is 220 Å². The molecular formula is C10HCl19O. The summed E-state index contributed by atoms with van der Waals surface area (Å²) in [6, 6.07) is 0. The van der Waals surface area contributed by atoms with E-state index in [9.17, 15) is 5.11 Å². The van der Waals surface area contributed by atoms with E-state index in [1.54, 1.807) is 0 Å². The van der Waals surface area contributed by atoms with Crippen LogP contribution in [0.5, 0.6) is 0 Å². The molecule has 1 aliphatic carbocycles. The van der Waals surface area contributed by atoms with Gasteiger partial charge in [-0.2, -0.15) is 0 Å². The first-order valence-electron chi connectivity index (χ1n) is 6.31. The van der Waals surface area contributed by atoms with Crippen LogP contribution in [0.2, 0.25) is 0 Å². The van der Waals surface area contributed by atoms with Gasteiger partial charge in [0.1, 0.15) is 0 Å². The van der Waals surface area contributed by atoms with Crippen molar-refractivity contribution in [2.24, 2.45) is 0 Å². The Morgan fingerprint density at radius 1 is 0.433 bits per heavy atom. The maximum Gasteiger partial charge on any atom is 0.215 e. The molecule has 0 spiro atoms. The summed E-state index contributed by atoms with van der Waals surface area (Å²) in [6.07, 6.45) is 0. The predicted octanol–water partition coefficient (Wildman–Crippen LogP) is 10.5. The number of aliphatic hydroxyl groups is 1. The highest BCUT2D eigenvalue weighted by atomic mass is 35.6. The van der Waals surface area contributed by atoms with E-state index in [0.29, 0.717) is 0 Å². The monoisotopic (exact) mass is 801 g/mol. The van der Waals surface area contributed by atoms with Crippen LogP contribution < -0.4 is 0 Å². The average molecular weight is 811 g/mol. The van der Waals surface area contributed by atoms with Gasteiger partial charge in [0, 0.05) is 0 Å². The van der Waals surface area contributed by atoms with Crippen LogP contribution in [0.4, 0.5) is 0 Å². The van der Waals surface area contributed by atoms with Gasteiger partial charge in [0.2, 0.25) is 11.4 Å². The summed E-state index contributed by atoms with van der Waals surface area (Å²) in [5.41, 5.74) is 0. The van der Waals surface area contributed by atoms with E-state index >= 15 is 0 Å². The van der Waals surface area contributed by atoms with Gasteiger partial charge in [0.15, 0.2) is 32.7 Å². The first kappa shape index (κ1) is 33.5. The molecule has 1 N–H and O–H groups in total. The van der Waals surface area contributed by atoms with Crippen molar-refractivity contribution < 1.29 is 5.11 Å². The Bertz CT molecular complexity index is 650. The Balaban J connectivity index is 4.39. The van der Waals surface area contributed by atoms with E-state index in [4.69, 9.17) is 220 Å². The van der Waals surface area contributed by atoms with Crippen molar-refractivity contribution in [3.63, 3.8) is 0 Å². The molecule has 0 aliphatic heterocycles. The van der Waals surface area contributed by atoms with Crippen molar-refractivity contribution in [1.82, 2.24) is 0 Å². The van der Waals surface area contributed by atoms with Crippen molar-refractivity contribution in [2.75, 3.05) is 0 Å². The first-order valence-corrected chi connectivity index (χ1v) is 13.5. The summed E-state index contributed by atoms with van der Waals surface area (Å²) in [6.45, 7) is 0. The maximum absolute atomic E-state index is 11.3. The van der Waals surface area contributed by atoms with Gasteiger partial charge in [-0.25, -0.2) is 0 Å². The number of halogens is 19. The summed E-state index contributed by atoms with van der Waals surface area (Å²) in [4.78, 5) is -9.71. The van der Waals surface area contributed by atoms with Crippen LogP contribution in [0.15, 0.2) is 0 Å². The molecule has 0 aromatic heterocycles. The first-order chi connectivity index (χ1) is 12.5. The van der Waals surface area contributed by atoms with Gasteiger partial charge in [-0.15, -0.1) is 34.8 Å². The fourth-order valence-electron chi connectivity index (χ4n) is 2.63. The number of hydrogen-bond donors (Lipinski definition) is 1. The van der Waals surface area contributed by atoms with Gasteiger partial charge in [0.25, 0.3) is 0 Å². The van der Waals surface area contributed by atoms with E-state index < -0.39 is 44.1 Å². The molecule has 0 aromatic carbocycles. The second-order valence-corrected chi connectivity index (χ2v) is 18.9. The van der Waals surface area contributed by atoms with Gasteiger partial charge in [-0.3, -0.25) is 0 Å². The zero-order valence-corrected chi connectivity index (χ0v) is 27.0. The quantitative estimate of drug-likeness (QED) is 0.262. The molecule has 20 heteroatoms. The minimum Gasteiger partial charge on any atom is -0.370 e. The fraction of sp³-hybridized carbons (Fsp3) is 1.00. The van der Waals surface area contributed by atoms with Crippen LogP contribution >= 0.6 is 220 Å². The molecule has 180 valence electrons. The van der Waals surface area contributed by atoms with Crippen molar-refractivity contribution in [2.45, 2.75) is 44.1 Å². The molecule has 1 aliphatic rings. The summed E-state index contributed by atoms with van der Waals surface area (Å²) >= 11 is 117. The number of hydrogen-bond acceptors (Lipinski definition) is 1. The Labute approximate surface area is 266 Å². The second-order valence-electron chi connectivity index (χ2n) is 5.81. The van der Waals surface area contributed by atoms with E-state index in [1.165, 1.54) is 0 Å².